The highest BCUT2D eigenvalue weighted by Gasteiger charge is 2.19. The Kier molecular flexibility index (Phi) is 5.75. The molecule has 1 aromatic heterocycles. The summed E-state index contributed by atoms with van der Waals surface area (Å²) < 4.78 is 0. The first kappa shape index (κ1) is 17.0. The molecule has 2 aromatic rings. The number of urea groups is 1. The minimum Gasteiger partial charge on any atom is -0.341 e. The lowest BCUT2D eigenvalue weighted by molar-refractivity contribution is -0.119. The lowest BCUT2D eigenvalue weighted by Crippen LogP contribution is -2.41. The van der Waals surface area contributed by atoms with E-state index in [2.05, 4.69) is 32.7 Å². The number of imide groups is 1. The zero-order valence-corrected chi connectivity index (χ0v) is 14.0. The SMILES string of the molecule is CCc1ccc(-c2nc(S[C@H](C)C(=O)NC(=O)NC)n[nH]2)cc1. The minimum absolute atomic E-state index is 0.395. The van der Waals surface area contributed by atoms with Crippen molar-refractivity contribution in [1.29, 1.82) is 0 Å². The van der Waals surface area contributed by atoms with Crippen LogP contribution in [0.25, 0.3) is 11.4 Å². The van der Waals surface area contributed by atoms with Crippen molar-refractivity contribution in [3.05, 3.63) is 29.8 Å². The van der Waals surface area contributed by atoms with E-state index in [-0.39, 0.29) is 0 Å². The molecule has 0 saturated heterocycles. The third-order valence-electron chi connectivity index (χ3n) is 3.22. The summed E-state index contributed by atoms with van der Waals surface area (Å²) in [5.41, 5.74) is 2.19. The lowest BCUT2D eigenvalue weighted by Gasteiger charge is -2.08. The van der Waals surface area contributed by atoms with Crippen LogP contribution in [0.4, 0.5) is 4.79 Å². The van der Waals surface area contributed by atoms with Crippen LogP contribution in [0.1, 0.15) is 19.4 Å². The maximum atomic E-state index is 11.8. The number of nitrogens with zero attached hydrogens (tertiary/aromatic N) is 2. The molecular formula is C15H19N5O2S. The number of aryl methyl sites for hydroxylation is 1. The molecule has 7 nitrogen and oxygen atoms in total. The van der Waals surface area contributed by atoms with Gasteiger partial charge in [0.2, 0.25) is 11.1 Å². The van der Waals surface area contributed by atoms with Crippen molar-refractivity contribution >= 4 is 23.7 Å². The van der Waals surface area contributed by atoms with Gasteiger partial charge in [-0.3, -0.25) is 15.2 Å². The summed E-state index contributed by atoms with van der Waals surface area (Å²) in [4.78, 5) is 27.3. The topological polar surface area (TPSA) is 99.8 Å². The van der Waals surface area contributed by atoms with E-state index in [1.807, 2.05) is 24.3 Å². The molecular weight excluding hydrogens is 314 g/mol. The number of thioether (sulfide) groups is 1. The summed E-state index contributed by atoms with van der Waals surface area (Å²) >= 11 is 1.18. The first-order valence-electron chi connectivity index (χ1n) is 7.24. The Hall–Kier alpha value is -2.35. The van der Waals surface area contributed by atoms with E-state index >= 15 is 0 Å². The van der Waals surface area contributed by atoms with Gasteiger partial charge in [0.1, 0.15) is 0 Å². The molecule has 3 amide bonds. The second-order valence-corrected chi connectivity index (χ2v) is 6.15. The third kappa shape index (κ3) is 4.56. The van der Waals surface area contributed by atoms with E-state index in [0.717, 1.165) is 12.0 Å². The van der Waals surface area contributed by atoms with Gasteiger partial charge < -0.3 is 5.32 Å². The number of aromatic amines is 1. The standard InChI is InChI=1S/C15H19N5O2S/c1-4-10-5-7-11(8-6-10)12-17-15(20-19-12)23-9(2)13(21)18-14(22)16-3/h5-9H,4H2,1-3H3,(H,17,19,20)(H2,16,18,21,22)/t9-/m1/s1. The summed E-state index contributed by atoms with van der Waals surface area (Å²) in [6.45, 7) is 3.79. The molecule has 0 bridgehead atoms. The van der Waals surface area contributed by atoms with Gasteiger partial charge in [-0.1, -0.05) is 43.0 Å². The molecule has 0 aliphatic carbocycles. The molecule has 0 spiro atoms. The van der Waals surface area contributed by atoms with Gasteiger partial charge in [0.05, 0.1) is 5.25 Å². The molecule has 122 valence electrons. The van der Waals surface area contributed by atoms with Crippen LogP contribution in [0.5, 0.6) is 0 Å². The Labute approximate surface area is 138 Å². The van der Waals surface area contributed by atoms with Gasteiger partial charge in [-0.15, -0.1) is 5.10 Å². The van der Waals surface area contributed by atoms with Crippen molar-refractivity contribution in [2.75, 3.05) is 7.05 Å². The second-order valence-electron chi connectivity index (χ2n) is 4.85. The molecule has 0 unspecified atom stereocenters. The van der Waals surface area contributed by atoms with Crippen molar-refractivity contribution in [1.82, 2.24) is 25.8 Å². The maximum absolute atomic E-state index is 11.8. The Morgan fingerprint density at radius 1 is 1.30 bits per heavy atom. The molecule has 0 radical (unpaired) electrons. The fraction of sp³-hybridized carbons (Fsp3) is 0.333. The molecule has 23 heavy (non-hydrogen) atoms. The molecule has 0 fully saturated rings. The number of carbonyl (C=O) groups excluding carboxylic acids is 2. The van der Waals surface area contributed by atoms with E-state index in [1.165, 1.54) is 24.4 Å². The third-order valence-corrected chi connectivity index (χ3v) is 4.18. The van der Waals surface area contributed by atoms with Crippen molar-refractivity contribution in [2.24, 2.45) is 0 Å². The smallest absolute Gasteiger partial charge is 0.321 e. The largest absolute Gasteiger partial charge is 0.341 e. The Bertz CT molecular complexity index is 683. The van der Waals surface area contributed by atoms with Gasteiger partial charge in [-0.05, 0) is 18.9 Å². The number of rotatable bonds is 5. The summed E-state index contributed by atoms with van der Waals surface area (Å²) in [5, 5.41) is 11.5. The Morgan fingerprint density at radius 3 is 2.61 bits per heavy atom. The summed E-state index contributed by atoms with van der Waals surface area (Å²) in [7, 11) is 1.45. The van der Waals surface area contributed by atoms with Crippen LogP contribution in [0.3, 0.4) is 0 Å². The highest BCUT2D eigenvalue weighted by Crippen LogP contribution is 2.23. The quantitative estimate of drug-likeness (QED) is 0.727. The van der Waals surface area contributed by atoms with Crippen LogP contribution < -0.4 is 10.6 Å². The molecule has 0 saturated carbocycles. The number of hydrogen-bond donors (Lipinski definition) is 3. The number of H-pyrrole nitrogens is 1. The molecule has 1 atom stereocenters. The van der Waals surface area contributed by atoms with Gasteiger partial charge >= 0.3 is 6.03 Å². The first-order chi connectivity index (χ1) is 11.0. The average Bonchev–Trinajstić information content (AvgIpc) is 3.03. The van der Waals surface area contributed by atoms with Gasteiger partial charge in [-0.2, -0.15) is 0 Å². The summed E-state index contributed by atoms with van der Waals surface area (Å²) in [6.07, 6.45) is 0.982. The van der Waals surface area contributed by atoms with Crippen LogP contribution >= 0.6 is 11.8 Å². The van der Waals surface area contributed by atoms with Gasteiger partial charge in [0.15, 0.2) is 5.82 Å². The number of aromatic nitrogens is 3. The van der Waals surface area contributed by atoms with Crippen LogP contribution in [0, 0.1) is 0 Å². The monoisotopic (exact) mass is 333 g/mol. The van der Waals surface area contributed by atoms with Crippen molar-refractivity contribution < 1.29 is 9.59 Å². The van der Waals surface area contributed by atoms with Crippen molar-refractivity contribution in [3.8, 4) is 11.4 Å². The van der Waals surface area contributed by atoms with Crippen LogP contribution in [0.2, 0.25) is 0 Å². The molecule has 1 heterocycles. The van der Waals surface area contributed by atoms with E-state index in [1.54, 1.807) is 6.92 Å². The second kappa shape index (κ2) is 7.77. The molecule has 2 rings (SSSR count). The number of benzene rings is 1. The lowest BCUT2D eigenvalue weighted by atomic mass is 10.1. The summed E-state index contributed by atoms with van der Waals surface area (Å²) in [6, 6.07) is 7.52. The molecule has 1 aromatic carbocycles. The molecule has 3 N–H and O–H groups in total. The zero-order chi connectivity index (χ0) is 16.8. The predicted octanol–water partition coefficient (Wildman–Crippen LogP) is 1.97. The van der Waals surface area contributed by atoms with Crippen LogP contribution in [-0.4, -0.2) is 39.4 Å². The Balaban J connectivity index is 2.01. The fourth-order valence-corrected chi connectivity index (χ4v) is 2.54. The average molecular weight is 333 g/mol. The highest BCUT2D eigenvalue weighted by atomic mass is 32.2. The van der Waals surface area contributed by atoms with E-state index in [9.17, 15) is 9.59 Å². The zero-order valence-electron chi connectivity index (χ0n) is 13.2. The van der Waals surface area contributed by atoms with E-state index in [4.69, 9.17) is 0 Å². The minimum atomic E-state index is -0.533. The number of nitrogens with one attached hydrogen (secondary N) is 3. The number of hydrogen-bond acceptors (Lipinski definition) is 5. The van der Waals surface area contributed by atoms with E-state index < -0.39 is 17.2 Å². The molecule has 0 aliphatic rings. The normalized spacial score (nSPS) is 11.8. The first-order valence-corrected chi connectivity index (χ1v) is 8.12. The van der Waals surface area contributed by atoms with Crippen molar-refractivity contribution in [2.45, 2.75) is 30.7 Å². The Morgan fingerprint density at radius 2 is 2.00 bits per heavy atom. The molecule has 8 heteroatoms. The predicted molar refractivity (Wildman–Crippen MR) is 89.1 cm³/mol. The summed E-state index contributed by atoms with van der Waals surface area (Å²) in [5.74, 6) is 0.252. The number of amides is 3. The highest BCUT2D eigenvalue weighted by molar-refractivity contribution is 8.00. The van der Waals surface area contributed by atoms with Crippen LogP contribution in [-0.2, 0) is 11.2 Å². The number of carbonyl (C=O) groups is 2. The maximum Gasteiger partial charge on any atom is 0.321 e. The van der Waals surface area contributed by atoms with E-state index in [0.29, 0.717) is 11.0 Å². The van der Waals surface area contributed by atoms with Crippen molar-refractivity contribution in [3.63, 3.8) is 0 Å². The fourth-order valence-electron chi connectivity index (χ4n) is 1.81. The van der Waals surface area contributed by atoms with Crippen LogP contribution in [0.15, 0.2) is 29.4 Å². The van der Waals surface area contributed by atoms with Gasteiger partial charge in [0, 0.05) is 12.6 Å². The van der Waals surface area contributed by atoms with Gasteiger partial charge in [0.25, 0.3) is 0 Å². The molecule has 0 aliphatic heterocycles. The van der Waals surface area contributed by atoms with Gasteiger partial charge in [-0.25, -0.2) is 9.78 Å².